The molecule has 4 rings (SSSR count). The van der Waals surface area contributed by atoms with Crippen LogP contribution >= 0.6 is 11.8 Å². The highest BCUT2D eigenvalue weighted by molar-refractivity contribution is 7.98. The zero-order valence-corrected chi connectivity index (χ0v) is 19.5. The van der Waals surface area contributed by atoms with Crippen molar-refractivity contribution in [2.24, 2.45) is 5.73 Å². The number of nitrogens with two attached hydrogens (primary N) is 1. The monoisotopic (exact) mass is 440 g/mol. The average molecular weight is 441 g/mol. The summed E-state index contributed by atoms with van der Waals surface area (Å²) in [7, 11) is 1.72. The molecule has 2 aromatic rings. The van der Waals surface area contributed by atoms with Gasteiger partial charge in [0.1, 0.15) is 17.6 Å². The molecule has 0 saturated heterocycles. The summed E-state index contributed by atoms with van der Waals surface area (Å²) >= 11 is 1.63. The standard InChI is InChI=1S/C25H32N2O3S/c1-4-5-8-27-15-18-11-20(29-2)7-6-16(18)9-19(27)13-21-10-17-12-22(31-3)14-23(25(26)28)24(17)30-21/h6-7,11-12,14,19,21H,4-5,8-10,13,15H2,1-3H3,(H2,26,28). The molecule has 0 aromatic heterocycles. The molecule has 2 N–H and O–H groups in total. The Morgan fingerprint density at radius 3 is 2.77 bits per heavy atom. The van der Waals surface area contributed by atoms with Gasteiger partial charge in [-0.15, -0.1) is 11.8 Å². The van der Waals surface area contributed by atoms with E-state index in [4.69, 9.17) is 15.2 Å². The minimum Gasteiger partial charge on any atom is -0.497 e. The van der Waals surface area contributed by atoms with Crippen LogP contribution in [-0.4, -0.2) is 42.9 Å². The van der Waals surface area contributed by atoms with E-state index in [0.29, 0.717) is 17.4 Å². The van der Waals surface area contributed by atoms with Gasteiger partial charge < -0.3 is 15.2 Å². The minimum absolute atomic E-state index is 0.0686. The summed E-state index contributed by atoms with van der Waals surface area (Å²) in [5.41, 5.74) is 10.0. The van der Waals surface area contributed by atoms with Crippen LogP contribution in [0.4, 0.5) is 0 Å². The van der Waals surface area contributed by atoms with Crippen molar-refractivity contribution in [2.45, 2.75) is 62.6 Å². The van der Waals surface area contributed by atoms with Gasteiger partial charge in [0.05, 0.1) is 12.7 Å². The molecule has 2 heterocycles. The number of hydrogen-bond acceptors (Lipinski definition) is 5. The third-order valence-corrected chi connectivity index (χ3v) is 7.17. The summed E-state index contributed by atoms with van der Waals surface area (Å²) in [6.07, 6.45) is 7.23. The zero-order valence-electron chi connectivity index (χ0n) is 18.6. The van der Waals surface area contributed by atoms with E-state index in [2.05, 4.69) is 36.1 Å². The number of unbranched alkanes of at least 4 members (excludes halogenated alkanes) is 1. The maximum atomic E-state index is 12.0. The highest BCUT2D eigenvalue weighted by Crippen LogP contribution is 2.38. The molecule has 6 heteroatoms. The third-order valence-electron chi connectivity index (χ3n) is 6.47. The number of methoxy groups -OCH3 is 1. The predicted molar refractivity (Wildman–Crippen MR) is 125 cm³/mol. The van der Waals surface area contributed by atoms with Crippen LogP contribution in [0.1, 0.15) is 53.2 Å². The van der Waals surface area contributed by atoms with Crippen LogP contribution in [0.3, 0.4) is 0 Å². The maximum Gasteiger partial charge on any atom is 0.252 e. The fourth-order valence-electron chi connectivity index (χ4n) is 4.80. The third kappa shape index (κ3) is 4.70. The van der Waals surface area contributed by atoms with Gasteiger partial charge >= 0.3 is 0 Å². The number of benzene rings is 2. The highest BCUT2D eigenvalue weighted by atomic mass is 32.2. The number of ether oxygens (including phenoxy) is 2. The van der Waals surface area contributed by atoms with Crippen molar-refractivity contribution in [3.8, 4) is 11.5 Å². The van der Waals surface area contributed by atoms with E-state index in [9.17, 15) is 4.79 Å². The molecule has 0 fully saturated rings. The first kappa shape index (κ1) is 22.0. The summed E-state index contributed by atoms with van der Waals surface area (Å²) in [5.74, 6) is 1.19. The molecule has 5 nitrogen and oxygen atoms in total. The molecule has 0 spiro atoms. The van der Waals surface area contributed by atoms with Crippen molar-refractivity contribution < 1.29 is 14.3 Å². The van der Waals surface area contributed by atoms with Gasteiger partial charge in [0.2, 0.25) is 0 Å². The van der Waals surface area contributed by atoms with Crippen molar-refractivity contribution in [3.05, 3.63) is 52.6 Å². The highest BCUT2D eigenvalue weighted by Gasteiger charge is 2.33. The molecule has 0 aliphatic carbocycles. The second-order valence-corrected chi connectivity index (χ2v) is 9.40. The molecular formula is C25H32N2O3S. The first-order chi connectivity index (χ1) is 15.0. The molecule has 0 radical (unpaired) electrons. The average Bonchev–Trinajstić information content (AvgIpc) is 3.18. The summed E-state index contributed by atoms with van der Waals surface area (Å²) < 4.78 is 11.8. The maximum absolute atomic E-state index is 12.0. The number of fused-ring (bicyclic) bond motifs is 2. The zero-order chi connectivity index (χ0) is 22.0. The van der Waals surface area contributed by atoms with Crippen molar-refractivity contribution in [1.29, 1.82) is 0 Å². The Morgan fingerprint density at radius 2 is 2.06 bits per heavy atom. The number of nitrogens with zero attached hydrogens (tertiary/aromatic N) is 1. The van der Waals surface area contributed by atoms with E-state index >= 15 is 0 Å². The normalized spacial score (nSPS) is 20.1. The van der Waals surface area contributed by atoms with Crippen molar-refractivity contribution in [2.75, 3.05) is 19.9 Å². The van der Waals surface area contributed by atoms with E-state index in [1.165, 1.54) is 24.0 Å². The van der Waals surface area contributed by atoms with Gasteiger partial charge in [-0.2, -0.15) is 0 Å². The van der Waals surface area contributed by atoms with Crippen LogP contribution in [0.2, 0.25) is 0 Å². The Kier molecular flexibility index (Phi) is 6.77. The number of primary amides is 1. The molecule has 166 valence electrons. The number of hydrogen-bond donors (Lipinski definition) is 1. The van der Waals surface area contributed by atoms with Gasteiger partial charge in [-0.25, -0.2) is 0 Å². The molecule has 2 aliphatic rings. The van der Waals surface area contributed by atoms with Crippen molar-refractivity contribution >= 4 is 17.7 Å². The van der Waals surface area contributed by atoms with E-state index < -0.39 is 5.91 Å². The van der Waals surface area contributed by atoms with Crippen LogP contribution in [-0.2, 0) is 19.4 Å². The molecule has 1 amide bonds. The molecule has 31 heavy (non-hydrogen) atoms. The SMILES string of the molecule is CCCCN1Cc2cc(OC)ccc2CC1CC1Cc2cc(SC)cc(C(N)=O)c2O1. The van der Waals surface area contributed by atoms with Crippen LogP contribution < -0.4 is 15.2 Å². The van der Waals surface area contributed by atoms with Crippen LogP contribution in [0, 0.1) is 0 Å². The number of rotatable bonds is 8. The van der Waals surface area contributed by atoms with Crippen LogP contribution in [0.5, 0.6) is 11.5 Å². The lowest BCUT2D eigenvalue weighted by Gasteiger charge is -2.38. The Bertz CT molecular complexity index is 962. The van der Waals surface area contributed by atoms with Gasteiger partial charge in [-0.05, 0) is 66.6 Å². The second kappa shape index (κ2) is 9.53. The Morgan fingerprint density at radius 1 is 1.23 bits per heavy atom. The second-order valence-electron chi connectivity index (χ2n) is 8.52. The molecular weight excluding hydrogens is 408 g/mol. The Labute approximate surface area is 189 Å². The predicted octanol–water partition coefficient (Wildman–Crippen LogP) is 4.44. The van der Waals surface area contributed by atoms with E-state index in [0.717, 1.165) is 48.6 Å². The molecule has 2 atom stereocenters. The number of thioether (sulfide) groups is 1. The molecule has 2 aromatic carbocycles. The summed E-state index contributed by atoms with van der Waals surface area (Å²) in [4.78, 5) is 15.7. The summed E-state index contributed by atoms with van der Waals surface area (Å²) in [5, 5.41) is 0. The minimum atomic E-state index is -0.419. The Balaban J connectivity index is 1.54. The first-order valence-electron chi connectivity index (χ1n) is 11.1. The van der Waals surface area contributed by atoms with Gasteiger partial charge in [-0.1, -0.05) is 19.4 Å². The number of amides is 1. The first-order valence-corrected chi connectivity index (χ1v) is 12.3. The van der Waals surface area contributed by atoms with E-state index in [1.54, 1.807) is 18.9 Å². The van der Waals surface area contributed by atoms with Crippen LogP contribution in [0.15, 0.2) is 35.2 Å². The van der Waals surface area contributed by atoms with Gasteiger partial charge in [0, 0.05) is 30.3 Å². The van der Waals surface area contributed by atoms with Gasteiger partial charge in [0.25, 0.3) is 5.91 Å². The van der Waals surface area contributed by atoms with Crippen molar-refractivity contribution in [3.63, 3.8) is 0 Å². The molecule has 0 saturated carbocycles. The smallest absolute Gasteiger partial charge is 0.252 e. The lowest BCUT2D eigenvalue weighted by Crippen LogP contribution is -2.43. The lowest BCUT2D eigenvalue weighted by atomic mass is 9.89. The summed E-state index contributed by atoms with van der Waals surface area (Å²) in [6.45, 7) is 4.27. The Hall–Kier alpha value is -2.18. The van der Waals surface area contributed by atoms with E-state index in [1.807, 2.05) is 12.3 Å². The molecule has 2 aliphatic heterocycles. The van der Waals surface area contributed by atoms with Crippen molar-refractivity contribution in [1.82, 2.24) is 4.90 Å². The largest absolute Gasteiger partial charge is 0.497 e. The quantitative estimate of drug-likeness (QED) is 0.615. The summed E-state index contributed by atoms with van der Waals surface area (Å²) in [6, 6.07) is 10.9. The van der Waals surface area contributed by atoms with Gasteiger partial charge in [0.15, 0.2) is 0 Å². The fourth-order valence-corrected chi connectivity index (χ4v) is 5.30. The van der Waals surface area contributed by atoms with Crippen LogP contribution in [0.25, 0.3) is 0 Å². The lowest BCUT2D eigenvalue weighted by molar-refractivity contribution is 0.0983. The van der Waals surface area contributed by atoms with Gasteiger partial charge in [-0.3, -0.25) is 9.69 Å². The number of carbonyl (C=O) groups is 1. The topological polar surface area (TPSA) is 64.8 Å². The van der Waals surface area contributed by atoms with E-state index in [-0.39, 0.29) is 6.10 Å². The molecule has 0 bridgehead atoms. The molecule has 2 unspecified atom stereocenters. The number of carbonyl (C=O) groups excluding carboxylic acids is 1. The fraction of sp³-hybridized carbons (Fsp3) is 0.480.